The molecule has 0 aliphatic heterocycles. The van der Waals surface area contributed by atoms with Gasteiger partial charge in [-0.15, -0.1) is 0 Å². The number of hydrogen-bond acceptors (Lipinski definition) is 1. The minimum atomic E-state index is 0.559. The van der Waals surface area contributed by atoms with E-state index in [9.17, 15) is 0 Å². The summed E-state index contributed by atoms with van der Waals surface area (Å²) in [5.41, 5.74) is 2.46. The molecule has 0 radical (unpaired) electrons. The molecule has 0 aliphatic carbocycles. The average Bonchev–Trinajstić information content (AvgIpc) is 2.38. The Balaban J connectivity index is 2.08. The van der Waals surface area contributed by atoms with Crippen molar-refractivity contribution in [2.75, 3.05) is 6.61 Å². The molecule has 0 atom stereocenters. The molecule has 0 saturated carbocycles. The minimum absolute atomic E-state index is 0.559. The molecule has 0 saturated heterocycles. The minimum Gasteiger partial charge on any atom is -0.493 e. The highest BCUT2D eigenvalue weighted by Gasteiger charge is 1.99. The van der Waals surface area contributed by atoms with Crippen molar-refractivity contribution in [3.05, 3.63) is 54.6 Å². The first-order valence-electron chi connectivity index (χ1n) is 6.04. The number of hydrogen-bond donors (Lipinski definition) is 0. The summed E-state index contributed by atoms with van der Waals surface area (Å²) < 4.78 is 5.66. The van der Waals surface area contributed by atoms with Crippen LogP contribution in [0.1, 0.15) is 13.8 Å². The third kappa shape index (κ3) is 3.35. The van der Waals surface area contributed by atoms with Crippen LogP contribution in [0.5, 0.6) is 5.75 Å². The molecular weight excluding hydrogens is 208 g/mol. The maximum atomic E-state index is 5.66. The maximum Gasteiger partial charge on any atom is 0.119 e. The molecule has 0 aromatic heterocycles. The SMILES string of the molecule is CC(C)COc1ccc(-c2ccccc2)cc1. The molecule has 0 aliphatic rings. The van der Waals surface area contributed by atoms with Crippen LogP contribution in [0.4, 0.5) is 0 Å². The second kappa shape index (κ2) is 5.53. The van der Waals surface area contributed by atoms with Gasteiger partial charge in [-0.25, -0.2) is 0 Å². The summed E-state index contributed by atoms with van der Waals surface area (Å²) in [5.74, 6) is 1.50. The van der Waals surface area contributed by atoms with Gasteiger partial charge in [-0.05, 0) is 29.2 Å². The van der Waals surface area contributed by atoms with Gasteiger partial charge in [-0.2, -0.15) is 0 Å². The first kappa shape index (κ1) is 11.7. The Morgan fingerprint density at radius 3 is 2.00 bits per heavy atom. The van der Waals surface area contributed by atoms with Crippen LogP contribution in [-0.2, 0) is 0 Å². The van der Waals surface area contributed by atoms with E-state index in [0.717, 1.165) is 12.4 Å². The lowest BCUT2D eigenvalue weighted by Gasteiger charge is -2.09. The molecule has 0 N–H and O–H groups in total. The third-order valence-corrected chi connectivity index (χ3v) is 2.54. The van der Waals surface area contributed by atoms with Crippen LogP contribution < -0.4 is 4.74 Å². The molecule has 0 fully saturated rings. The van der Waals surface area contributed by atoms with E-state index in [1.807, 2.05) is 18.2 Å². The summed E-state index contributed by atoms with van der Waals surface area (Å²) in [6, 6.07) is 18.6. The third-order valence-electron chi connectivity index (χ3n) is 2.54. The number of ether oxygens (including phenoxy) is 1. The van der Waals surface area contributed by atoms with Crippen LogP contribution >= 0.6 is 0 Å². The summed E-state index contributed by atoms with van der Waals surface area (Å²) in [4.78, 5) is 0. The maximum absolute atomic E-state index is 5.66. The van der Waals surface area contributed by atoms with E-state index in [-0.39, 0.29) is 0 Å². The Morgan fingerprint density at radius 1 is 0.824 bits per heavy atom. The number of benzene rings is 2. The standard InChI is InChI=1S/C16H18O/c1-13(2)12-17-16-10-8-15(9-11-16)14-6-4-3-5-7-14/h3-11,13H,12H2,1-2H3. The molecule has 88 valence electrons. The normalized spacial score (nSPS) is 10.5. The quantitative estimate of drug-likeness (QED) is 0.751. The van der Waals surface area contributed by atoms with Crippen LogP contribution in [0.3, 0.4) is 0 Å². The summed E-state index contributed by atoms with van der Waals surface area (Å²) in [7, 11) is 0. The Kier molecular flexibility index (Phi) is 3.81. The lowest BCUT2D eigenvalue weighted by molar-refractivity contribution is 0.271. The van der Waals surface area contributed by atoms with Gasteiger partial charge in [0, 0.05) is 0 Å². The Morgan fingerprint density at radius 2 is 1.41 bits per heavy atom. The van der Waals surface area contributed by atoms with Gasteiger partial charge in [0.1, 0.15) is 5.75 Å². The molecule has 17 heavy (non-hydrogen) atoms. The van der Waals surface area contributed by atoms with Crippen molar-refractivity contribution < 1.29 is 4.74 Å². The molecular formula is C16H18O. The zero-order chi connectivity index (χ0) is 12.1. The lowest BCUT2D eigenvalue weighted by Crippen LogP contribution is -2.04. The highest BCUT2D eigenvalue weighted by molar-refractivity contribution is 5.63. The van der Waals surface area contributed by atoms with E-state index < -0.39 is 0 Å². The molecule has 0 unspecified atom stereocenters. The van der Waals surface area contributed by atoms with E-state index in [1.165, 1.54) is 11.1 Å². The van der Waals surface area contributed by atoms with E-state index in [4.69, 9.17) is 4.74 Å². The molecule has 0 amide bonds. The Bertz CT molecular complexity index is 443. The van der Waals surface area contributed by atoms with Gasteiger partial charge in [0.2, 0.25) is 0 Å². The summed E-state index contributed by atoms with van der Waals surface area (Å²) in [5, 5.41) is 0. The van der Waals surface area contributed by atoms with E-state index in [0.29, 0.717) is 5.92 Å². The van der Waals surface area contributed by atoms with E-state index in [2.05, 4.69) is 50.2 Å². The first-order chi connectivity index (χ1) is 8.25. The van der Waals surface area contributed by atoms with Crippen molar-refractivity contribution in [3.8, 4) is 16.9 Å². The van der Waals surface area contributed by atoms with Gasteiger partial charge in [0.25, 0.3) is 0 Å². The van der Waals surface area contributed by atoms with Crippen LogP contribution in [-0.4, -0.2) is 6.61 Å². The van der Waals surface area contributed by atoms with Gasteiger partial charge in [-0.3, -0.25) is 0 Å². The largest absolute Gasteiger partial charge is 0.493 e. The van der Waals surface area contributed by atoms with Crippen molar-refractivity contribution in [1.82, 2.24) is 0 Å². The molecule has 1 nitrogen and oxygen atoms in total. The van der Waals surface area contributed by atoms with Gasteiger partial charge in [0.15, 0.2) is 0 Å². The molecule has 2 aromatic carbocycles. The van der Waals surface area contributed by atoms with Gasteiger partial charge < -0.3 is 4.74 Å². The van der Waals surface area contributed by atoms with E-state index in [1.54, 1.807) is 0 Å². The molecule has 2 aromatic rings. The summed E-state index contributed by atoms with van der Waals surface area (Å²) in [6.45, 7) is 5.07. The van der Waals surface area contributed by atoms with Crippen LogP contribution in [0.25, 0.3) is 11.1 Å². The zero-order valence-electron chi connectivity index (χ0n) is 10.4. The van der Waals surface area contributed by atoms with Crippen LogP contribution in [0.15, 0.2) is 54.6 Å². The fourth-order valence-electron chi connectivity index (χ4n) is 1.64. The fraction of sp³-hybridized carbons (Fsp3) is 0.250. The van der Waals surface area contributed by atoms with Crippen molar-refractivity contribution >= 4 is 0 Å². The van der Waals surface area contributed by atoms with Crippen molar-refractivity contribution in [3.63, 3.8) is 0 Å². The monoisotopic (exact) mass is 226 g/mol. The molecule has 0 bridgehead atoms. The topological polar surface area (TPSA) is 9.23 Å². The predicted octanol–water partition coefficient (Wildman–Crippen LogP) is 4.39. The second-order valence-corrected chi connectivity index (χ2v) is 4.60. The molecule has 2 rings (SSSR count). The summed E-state index contributed by atoms with van der Waals surface area (Å²) in [6.07, 6.45) is 0. The first-order valence-corrected chi connectivity index (χ1v) is 6.04. The van der Waals surface area contributed by atoms with Crippen LogP contribution in [0, 0.1) is 5.92 Å². The fourth-order valence-corrected chi connectivity index (χ4v) is 1.64. The van der Waals surface area contributed by atoms with Gasteiger partial charge in [-0.1, -0.05) is 56.3 Å². The van der Waals surface area contributed by atoms with Crippen molar-refractivity contribution in [1.29, 1.82) is 0 Å². The van der Waals surface area contributed by atoms with Crippen molar-refractivity contribution in [2.24, 2.45) is 5.92 Å². The van der Waals surface area contributed by atoms with Gasteiger partial charge in [0.05, 0.1) is 6.61 Å². The highest BCUT2D eigenvalue weighted by Crippen LogP contribution is 2.22. The average molecular weight is 226 g/mol. The zero-order valence-corrected chi connectivity index (χ0v) is 10.4. The summed E-state index contributed by atoms with van der Waals surface area (Å²) >= 11 is 0. The second-order valence-electron chi connectivity index (χ2n) is 4.60. The molecule has 1 heteroatoms. The van der Waals surface area contributed by atoms with Gasteiger partial charge >= 0.3 is 0 Å². The lowest BCUT2D eigenvalue weighted by atomic mass is 10.1. The molecule has 0 heterocycles. The smallest absolute Gasteiger partial charge is 0.119 e. The van der Waals surface area contributed by atoms with Crippen molar-refractivity contribution in [2.45, 2.75) is 13.8 Å². The number of rotatable bonds is 4. The molecule has 0 spiro atoms. The predicted molar refractivity (Wildman–Crippen MR) is 72.2 cm³/mol. The highest BCUT2D eigenvalue weighted by atomic mass is 16.5. The van der Waals surface area contributed by atoms with Crippen LogP contribution in [0.2, 0.25) is 0 Å². The Hall–Kier alpha value is -1.76. The Labute approximate surface area is 103 Å². The van der Waals surface area contributed by atoms with E-state index >= 15 is 0 Å².